The van der Waals surface area contributed by atoms with Crippen molar-refractivity contribution < 1.29 is 29.1 Å². The predicted molar refractivity (Wildman–Crippen MR) is 124 cm³/mol. The molecule has 0 atom stereocenters. The van der Waals surface area contributed by atoms with E-state index in [0.717, 1.165) is 9.94 Å². The number of carbonyl (C=O) groups excluding carboxylic acids is 1. The molecular weight excluding hydrogens is 463 g/mol. The molecule has 1 heterocycles. The Balaban J connectivity index is 0.000000285. The lowest BCUT2D eigenvalue weighted by Crippen LogP contribution is -2.41. The predicted octanol–water partition coefficient (Wildman–Crippen LogP) is 4.09. The zero-order valence-electron chi connectivity index (χ0n) is 18.2. The van der Waals surface area contributed by atoms with Crippen LogP contribution in [0.25, 0.3) is 0 Å². The number of rotatable bonds is 6. The maximum absolute atomic E-state index is 11.9. The molecule has 1 aliphatic heterocycles. The smallest absolute Gasteiger partial charge is 0.478 e. The number of Topliss-reactive ketones (excluding diaryl/α,β-unsaturated/α-hetero) is 1. The molecule has 0 saturated carbocycles. The fraction of sp³-hybridized carbons (Fsp3) is 0.391. The van der Waals surface area contributed by atoms with Crippen LogP contribution in [0.4, 0.5) is 0 Å². The third-order valence-corrected chi connectivity index (χ3v) is 5.94. The molecule has 0 spiro atoms. The van der Waals surface area contributed by atoms with Crippen molar-refractivity contribution in [3.8, 4) is 0 Å². The van der Waals surface area contributed by atoms with Crippen molar-refractivity contribution in [3.05, 3.63) is 64.1 Å². The molecule has 1 fully saturated rings. The van der Waals surface area contributed by atoms with Crippen LogP contribution in [0.1, 0.15) is 61.3 Å². The summed E-state index contributed by atoms with van der Waals surface area (Å²) in [5.41, 5.74) is 1.14. The summed E-state index contributed by atoms with van der Waals surface area (Å²) in [4.78, 5) is 22.2. The first-order valence-electron chi connectivity index (χ1n) is 10.1. The standard InChI is InChI=1S/C16H23BO4.C7H5BrO2/c1-15(2)16(3,4)21-17(20-15)13-9-7-12(8-10-13)14(19)6-5-11-18;8-6-3-1-5(2-4-6)7(9)10/h7-10,18H,5-6,11H2,1-4H3;1-4H,(H,9,10). The van der Waals surface area contributed by atoms with Gasteiger partial charge >= 0.3 is 13.1 Å². The SMILES string of the molecule is CC1(C)OB(c2ccc(C(=O)CCCO)cc2)OC1(C)C.O=C(O)c1ccc(Br)cc1. The maximum atomic E-state index is 11.9. The van der Waals surface area contributed by atoms with E-state index in [-0.39, 0.29) is 23.6 Å². The van der Waals surface area contributed by atoms with Gasteiger partial charge in [-0.1, -0.05) is 40.2 Å². The molecule has 2 aromatic carbocycles. The van der Waals surface area contributed by atoms with Crippen molar-refractivity contribution in [2.75, 3.05) is 6.61 Å². The monoisotopic (exact) mass is 490 g/mol. The minimum absolute atomic E-state index is 0.0394. The van der Waals surface area contributed by atoms with Crippen LogP contribution < -0.4 is 5.46 Å². The van der Waals surface area contributed by atoms with E-state index in [1.54, 1.807) is 36.4 Å². The zero-order chi connectivity index (χ0) is 23.2. The Kier molecular flexibility index (Phi) is 8.60. The molecule has 0 radical (unpaired) electrons. The summed E-state index contributed by atoms with van der Waals surface area (Å²) in [6, 6.07) is 13.8. The van der Waals surface area contributed by atoms with Crippen molar-refractivity contribution in [3.63, 3.8) is 0 Å². The molecule has 166 valence electrons. The van der Waals surface area contributed by atoms with Crippen molar-refractivity contribution in [1.29, 1.82) is 0 Å². The number of carbonyl (C=O) groups is 2. The molecule has 0 aliphatic carbocycles. The number of aliphatic hydroxyl groups is 1. The lowest BCUT2D eigenvalue weighted by Gasteiger charge is -2.32. The summed E-state index contributed by atoms with van der Waals surface area (Å²) < 4.78 is 12.8. The number of halogens is 1. The highest BCUT2D eigenvalue weighted by molar-refractivity contribution is 9.10. The Hall–Kier alpha value is -2.00. The largest absolute Gasteiger partial charge is 0.494 e. The third kappa shape index (κ3) is 6.74. The summed E-state index contributed by atoms with van der Waals surface area (Å²) in [6.07, 6.45) is 0.865. The first-order chi connectivity index (χ1) is 14.5. The van der Waals surface area contributed by atoms with Gasteiger partial charge in [0, 0.05) is 23.1 Å². The third-order valence-electron chi connectivity index (χ3n) is 5.41. The van der Waals surface area contributed by atoms with Crippen LogP contribution in [0.3, 0.4) is 0 Å². The van der Waals surface area contributed by atoms with Gasteiger partial charge in [-0.2, -0.15) is 0 Å². The number of ketones is 1. The van der Waals surface area contributed by atoms with E-state index in [4.69, 9.17) is 19.5 Å². The second kappa shape index (κ2) is 10.5. The number of aliphatic hydroxyl groups excluding tert-OH is 1. The summed E-state index contributed by atoms with van der Waals surface area (Å²) >= 11 is 3.20. The fourth-order valence-corrected chi connectivity index (χ4v) is 3.05. The van der Waals surface area contributed by atoms with Crippen LogP contribution in [0.5, 0.6) is 0 Å². The van der Waals surface area contributed by atoms with Gasteiger partial charge in [-0.05, 0) is 63.8 Å². The molecule has 1 aliphatic rings. The van der Waals surface area contributed by atoms with Crippen molar-refractivity contribution >= 4 is 40.3 Å². The minimum Gasteiger partial charge on any atom is -0.478 e. The molecule has 6 nitrogen and oxygen atoms in total. The van der Waals surface area contributed by atoms with Gasteiger partial charge in [0.2, 0.25) is 0 Å². The highest BCUT2D eigenvalue weighted by atomic mass is 79.9. The summed E-state index contributed by atoms with van der Waals surface area (Å²) in [7, 11) is -0.406. The molecule has 0 unspecified atom stereocenters. The van der Waals surface area contributed by atoms with Crippen LogP contribution in [-0.4, -0.2) is 46.9 Å². The number of carboxylic acid groups (broad SMARTS) is 1. The lowest BCUT2D eigenvalue weighted by atomic mass is 9.78. The lowest BCUT2D eigenvalue weighted by molar-refractivity contribution is 0.00578. The number of aromatic carboxylic acids is 1. The Labute approximate surface area is 191 Å². The van der Waals surface area contributed by atoms with E-state index in [1.807, 2.05) is 39.8 Å². The molecule has 8 heteroatoms. The average Bonchev–Trinajstić information content (AvgIpc) is 2.94. The van der Waals surface area contributed by atoms with E-state index in [1.165, 1.54) is 0 Å². The normalized spacial score (nSPS) is 16.4. The van der Waals surface area contributed by atoms with Crippen LogP contribution in [0.15, 0.2) is 53.0 Å². The van der Waals surface area contributed by atoms with Crippen molar-refractivity contribution in [1.82, 2.24) is 0 Å². The van der Waals surface area contributed by atoms with Crippen molar-refractivity contribution in [2.45, 2.75) is 51.7 Å². The molecule has 2 aromatic rings. The Bertz CT molecular complexity index is 877. The molecule has 3 rings (SSSR count). The number of hydrogen-bond donors (Lipinski definition) is 2. The molecule has 0 bridgehead atoms. The zero-order valence-corrected chi connectivity index (χ0v) is 19.8. The van der Waals surface area contributed by atoms with Gasteiger partial charge in [-0.25, -0.2) is 4.79 Å². The second-order valence-electron chi connectivity index (χ2n) is 8.27. The van der Waals surface area contributed by atoms with E-state index in [2.05, 4.69) is 15.9 Å². The quantitative estimate of drug-likeness (QED) is 0.468. The summed E-state index contributed by atoms with van der Waals surface area (Å²) in [6.45, 7) is 8.09. The number of benzene rings is 2. The Morgan fingerprint density at radius 3 is 1.84 bits per heavy atom. The second-order valence-corrected chi connectivity index (χ2v) is 9.19. The van der Waals surface area contributed by atoms with E-state index in [0.29, 0.717) is 24.0 Å². The van der Waals surface area contributed by atoms with Gasteiger partial charge in [-0.3, -0.25) is 4.79 Å². The molecule has 0 amide bonds. The fourth-order valence-electron chi connectivity index (χ4n) is 2.78. The summed E-state index contributed by atoms with van der Waals surface area (Å²) in [5, 5.41) is 17.2. The van der Waals surface area contributed by atoms with E-state index < -0.39 is 13.1 Å². The van der Waals surface area contributed by atoms with Crippen LogP contribution in [-0.2, 0) is 9.31 Å². The van der Waals surface area contributed by atoms with Gasteiger partial charge in [0.1, 0.15) is 0 Å². The topological polar surface area (TPSA) is 93.1 Å². The molecule has 2 N–H and O–H groups in total. The first-order valence-corrected chi connectivity index (χ1v) is 10.8. The van der Waals surface area contributed by atoms with E-state index in [9.17, 15) is 9.59 Å². The van der Waals surface area contributed by atoms with Gasteiger partial charge in [0.25, 0.3) is 0 Å². The molecule has 1 saturated heterocycles. The highest BCUT2D eigenvalue weighted by Gasteiger charge is 2.51. The highest BCUT2D eigenvalue weighted by Crippen LogP contribution is 2.36. The van der Waals surface area contributed by atoms with Crippen LogP contribution >= 0.6 is 15.9 Å². The molecule has 0 aromatic heterocycles. The number of carboxylic acids is 1. The average molecular weight is 491 g/mol. The first kappa shape index (κ1) is 25.3. The van der Waals surface area contributed by atoms with Gasteiger partial charge in [0.15, 0.2) is 5.78 Å². The molecule has 31 heavy (non-hydrogen) atoms. The van der Waals surface area contributed by atoms with E-state index >= 15 is 0 Å². The summed E-state index contributed by atoms with van der Waals surface area (Å²) in [5.74, 6) is -0.850. The minimum atomic E-state index is -0.896. The van der Waals surface area contributed by atoms with Gasteiger partial charge in [0.05, 0.1) is 16.8 Å². The number of hydrogen-bond acceptors (Lipinski definition) is 5. The van der Waals surface area contributed by atoms with Crippen LogP contribution in [0, 0.1) is 0 Å². The van der Waals surface area contributed by atoms with Gasteiger partial charge < -0.3 is 19.5 Å². The molecular formula is C23H28BBrO6. The Morgan fingerprint density at radius 1 is 0.903 bits per heavy atom. The van der Waals surface area contributed by atoms with Crippen LogP contribution in [0.2, 0.25) is 0 Å². The van der Waals surface area contributed by atoms with Gasteiger partial charge in [-0.15, -0.1) is 0 Å². The maximum Gasteiger partial charge on any atom is 0.494 e. The Morgan fingerprint density at radius 2 is 1.39 bits per heavy atom. The van der Waals surface area contributed by atoms with Crippen molar-refractivity contribution in [2.24, 2.45) is 0 Å².